The molecule has 6 aromatic carbocycles. The predicted molar refractivity (Wildman–Crippen MR) is 228 cm³/mol. The number of ether oxygens (including phenoxy) is 2. The Morgan fingerprint density at radius 2 is 0.983 bits per heavy atom. The number of rotatable bonds is 12. The van der Waals surface area contributed by atoms with E-state index in [2.05, 4.69) is 12.2 Å². The molecule has 4 atom stereocenters. The molecule has 0 radical (unpaired) electrons. The lowest BCUT2D eigenvalue weighted by Gasteiger charge is -2.40. The van der Waals surface area contributed by atoms with Crippen molar-refractivity contribution in [1.82, 2.24) is 0 Å². The molecule has 0 saturated heterocycles. The van der Waals surface area contributed by atoms with Crippen molar-refractivity contribution in [3.8, 4) is 40.2 Å². The predicted octanol–water partition coefficient (Wildman–Crippen LogP) is 10.8. The van der Waals surface area contributed by atoms with E-state index in [9.17, 15) is 30.3 Å². The number of fused-ring (bicyclic) bond motifs is 3. The highest BCUT2D eigenvalue weighted by molar-refractivity contribution is 6.03. The summed E-state index contributed by atoms with van der Waals surface area (Å²) in [7, 11) is 0. The Morgan fingerprint density at radius 1 is 0.542 bits per heavy atom. The van der Waals surface area contributed by atoms with E-state index in [0.29, 0.717) is 49.2 Å². The Balaban J connectivity index is 1.22. The lowest BCUT2D eigenvalue weighted by Crippen LogP contribution is -2.31. The van der Waals surface area contributed by atoms with Crippen LogP contribution in [0.25, 0.3) is 12.2 Å². The number of carbonyl (C=O) groups excluding carboxylic acids is 1. The van der Waals surface area contributed by atoms with Gasteiger partial charge in [0.2, 0.25) is 0 Å². The van der Waals surface area contributed by atoms with Crippen molar-refractivity contribution in [3.05, 3.63) is 184 Å². The Morgan fingerprint density at radius 3 is 1.47 bits per heavy atom. The molecule has 0 spiro atoms. The molecule has 59 heavy (non-hydrogen) atoms. The highest BCUT2D eigenvalue weighted by Gasteiger charge is 2.42. The first-order valence-corrected chi connectivity index (χ1v) is 20.0. The molecule has 0 aromatic heterocycles. The Hall–Kier alpha value is -6.93. The smallest absolute Gasteiger partial charge is 0.170 e. The fourth-order valence-corrected chi connectivity index (χ4v) is 8.27. The molecule has 2 heterocycles. The molecule has 5 N–H and O–H groups in total. The Labute approximate surface area is 343 Å². The molecule has 298 valence electrons. The molecule has 0 fully saturated rings. The van der Waals surface area contributed by atoms with Crippen LogP contribution in [0.4, 0.5) is 0 Å². The topological polar surface area (TPSA) is 137 Å². The van der Waals surface area contributed by atoms with Crippen molar-refractivity contribution in [2.24, 2.45) is 11.8 Å². The van der Waals surface area contributed by atoms with Gasteiger partial charge in [-0.25, -0.2) is 0 Å². The summed E-state index contributed by atoms with van der Waals surface area (Å²) in [6.07, 6.45) is 9.82. The first-order chi connectivity index (χ1) is 28.7. The third kappa shape index (κ3) is 8.82. The largest absolute Gasteiger partial charge is 0.508 e. The SMILES string of the molecule is O=C(CCc1ccccc1)c1c(O)c2c(c3c1OC(c1ccc(O)cc1)C(C/C=C/c1ccc(O)cc1)C3)OC(c1ccc(O)cc1)C(C/C=C/c1ccc(O)cc1)C2. The summed E-state index contributed by atoms with van der Waals surface area (Å²) in [5.74, 6) is 0.796. The molecular formula is C51H46O8. The maximum atomic E-state index is 14.5. The number of hydrogen-bond acceptors (Lipinski definition) is 8. The van der Waals surface area contributed by atoms with Crippen molar-refractivity contribution in [1.29, 1.82) is 0 Å². The van der Waals surface area contributed by atoms with Crippen molar-refractivity contribution in [2.45, 2.75) is 50.7 Å². The second-order valence-electron chi connectivity index (χ2n) is 15.4. The van der Waals surface area contributed by atoms with Gasteiger partial charge in [0.25, 0.3) is 0 Å². The number of phenols is 5. The van der Waals surface area contributed by atoms with Gasteiger partial charge in [-0.05, 0) is 108 Å². The highest BCUT2D eigenvalue weighted by atomic mass is 16.5. The summed E-state index contributed by atoms with van der Waals surface area (Å²) in [5, 5.41) is 52.3. The molecule has 6 aromatic rings. The summed E-state index contributed by atoms with van der Waals surface area (Å²) in [6.45, 7) is 0. The Kier molecular flexibility index (Phi) is 11.4. The van der Waals surface area contributed by atoms with Crippen molar-refractivity contribution in [2.75, 3.05) is 0 Å². The number of carbonyl (C=O) groups is 1. The van der Waals surface area contributed by atoms with Gasteiger partial charge in [0.1, 0.15) is 58.0 Å². The maximum absolute atomic E-state index is 14.5. The van der Waals surface area contributed by atoms with Crippen LogP contribution in [0.1, 0.15) is 80.8 Å². The zero-order valence-corrected chi connectivity index (χ0v) is 32.4. The van der Waals surface area contributed by atoms with Crippen LogP contribution in [-0.2, 0) is 19.3 Å². The van der Waals surface area contributed by atoms with E-state index >= 15 is 0 Å². The van der Waals surface area contributed by atoms with E-state index in [1.807, 2.05) is 91.0 Å². The number of allylic oxidation sites excluding steroid dienone is 2. The molecule has 8 heteroatoms. The highest BCUT2D eigenvalue weighted by Crippen LogP contribution is 2.55. The van der Waals surface area contributed by atoms with Gasteiger partial charge in [-0.2, -0.15) is 0 Å². The standard InChI is InChI=1S/C51H46O8/c52-39-21-12-33(13-22-39)8-4-10-37-30-43-47(57)46(45(56)29-16-32-6-2-1-3-7-32)51-44(50(43)58-48(37)35-17-25-41(54)26-18-35)31-38(11-5-9-34-14-23-40(53)24-15-34)49(59-51)36-19-27-42(55)28-20-36/h1-9,12-15,17-28,37-38,48-49,52-55,57H,10-11,16,29-31H2/b8-4+,9-5+. The second kappa shape index (κ2) is 17.3. The molecule has 8 nitrogen and oxygen atoms in total. The minimum Gasteiger partial charge on any atom is -0.508 e. The fourth-order valence-electron chi connectivity index (χ4n) is 8.27. The number of aromatic hydroxyl groups is 5. The molecule has 0 saturated carbocycles. The molecule has 2 aliphatic heterocycles. The first-order valence-electron chi connectivity index (χ1n) is 20.0. The first kappa shape index (κ1) is 38.9. The van der Waals surface area contributed by atoms with Gasteiger partial charge in [0.05, 0.1) is 0 Å². The van der Waals surface area contributed by atoms with E-state index in [4.69, 9.17) is 9.47 Å². The third-order valence-corrected chi connectivity index (χ3v) is 11.3. The monoisotopic (exact) mass is 786 g/mol. The molecule has 4 unspecified atom stereocenters. The molecular weight excluding hydrogens is 741 g/mol. The van der Waals surface area contributed by atoms with E-state index in [-0.39, 0.29) is 58.4 Å². The lowest BCUT2D eigenvalue weighted by atomic mass is 9.78. The van der Waals surface area contributed by atoms with Gasteiger partial charge in [-0.1, -0.05) is 103 Å². The van der Waals surface area contributed by atoms with E-state index in [1.54, 1.807) is 48.5 Å². The summed E-state index contributed by atoms with van der Waals surface area (Å²) in [4.78, 5) is 14.5. The fraction of sp³-hybridized carbons (Fsp3) is 0.196. The van der Waals surface area contributed by atoms with Crippen LogP contribution in [-0.4, -0.2) is 31.3 Å². The van der Waals surface area contributed by atoms with Crippen LogP contribution in [0.5, 0.6) is 40.2 Å². The van der Waals surface area contributed by atoms with Crippen LogP contribution in [0, 0.1) is 11.8 Å². The van der Waals surface area contributed by atoms with Gasteiger partial charge >= 0.3 is 0 Å². The average Bonchev–Trinajstić information content (AvgIpc) is 3.25. The molecule has 0 bridgehead atoms. The van der Waals surface area contributed by atoms with Crippen molar-refractivity contribution in [3.63, 3.8) is 0 Å². The van der Waals surface area contributed by atoms with Crippen LogP contribution < -0.4 is 9.47 Å². The number of aryl methyl sites for hydroxylation is 1. The zero-order valence-electron chi connectivity index (χ0n) is 32.4. The van der Waals surface area contributed by atoms with Gasteiger partial charge in [0.15, 0.2) is 5.78 Å². The number of benzene rings is 6. The van der Waals surface area contributed by atoms with E-state index in [1.165, 1.54) is 0 Å². The summed E-state index contributed by atoms with van der Waals surface area (Å²) >= 11 is 0. The number of phenolic OH excluding ortho intramolecular Hbond substituents is 5. The number of ketones is 1. The summed E-state index contributed by atoms with van der Waals surface area (Å²) < 4.78 is 14.0. The van der Waals surface area contributed by atoms with Gasteiger partial charge in [-0.3, -0.25) is 4.79 Å². The van der Waals surface area contributed by atoms with Crippen LogP contribution in [0.3, 0.4) is 0 Å². The minimum absolute atomic E-state index is 0.123. The van der Waals surface area contributed by atoms with Crippen LogP contribution in [0.2, 0.25) is 0 Å². The van der Waals surface area contributed by atoms with Gasteiger partial charge in [0, 0.05) is 29.4 Å². The lowest BCUT2D eigenvalue weighted by molar-refractivity contribution is 0.0860. The second-order valence-corrected chi connectivity index (χ2v) is 15.4. The van der Waals surface area contributed by atoms with Crippen LogP contribution in [0.15, 0.2) is 140 Å². The molecule has 0 aliphatic carbocycles. The zero-order chi connectivity index (χ0) is 40.9. The molecule has 0 amide bonds. The normalized spacial score (nSPS) is 18.5. The molecule has 2 aliphatic rings. The minimum atomic E-state index is -0.528. The van der Waals surface area contributed by atoms with Crippen LogP contribution >= 0.6 is 0 Å². The summed E-state index contributed by atoms with van der Waals surface area (Å²) in [6, 6.07) is 37.6. The van der Waals surface area contributed by atoms with Crippen molar-refractivity contribution < 1.29 is 39.8 Å². The van der Waals surface area contributed by atoms with Gasteiger partial charge < -0.3 is 35.0 Å². The van der Waals surface area contributed by atoms with E-state index < -0.39 is 12.2 Å². The Bertz CT molecular complexity index is 2450. The molecule has 8 rings (SSSR count). The number of Topliss-reactive ketones (excluding diaryl/α,β-unsaturated/α-hetero) is 1. The quantitative estimate of drug-likeness (QED) is 0.0774. The average molecular weight is 787 g/mol. The third-order valence-electron chi connectivity index (χ3n) is 11.3. The van der Waals surface area contributed by atoms with Gasteiger partial charge in [-0.15, -0.1) is 0 Å². The van der Waals surface area contributed by atoms with Crippen molar-refractivity contribution >= 4 is 17.9 Å². The number of hydrogen-bond donors (Lipinski definition) is 5. The summed E-state index contributed by atoms with van der Waals surface area (Å²) in [5.41, 5.74) is 5.99. The maximum Gasteiger partial charge on any atom is 0.170 e. The van der Waals surface area contributed by atoms with E-state index in [0.717, 1.165) is 33.4 Å².